The highest BCUT2D eigenvalue weighted by Crippen LogP contribution is 2.39. The van der Waals surface area contributed by atoms with Gasteiger partial charge in [-0.2, -0.15) is 0 Å². The number of aryl methyl sites for hydroxylation is 2. The van der Waals surface area contributed by atoms with Crippen LogP contribution in [0.5, 0.6) is 0 Å². The molecule has 0 saturated heterocycles. The molecule has 4 heteroatoms. The normalized spacial score (nSPS) is 13.1. The van der Waals surface area contributed by atoms with Crippen molar-refractivity contribution >= 4 is 37.4 Å². The van der Waals surface area contributed by atoms with Crippen LogP contribution in [0.2, 0.25) is 0 Å². The number of aliphatic hydroxyl groups excluding tert-OH is 1. The highest BCUT2D eigenvalue weighted by molar-refractivity contribution is 9.10. The average Bonchev–Trinajstić information content (AvgIpc) is 2.93. The summed E-state index contributed by atoms with van der Waals surface area (Å²) in [5, 5.41) is 13.9. The van der Waals surface area contributed by atoms with E-state index in [1.807, 2.05) is 44.4 Å². The molecule has 1 N–H and O–H groups in total. The average molecular weight is 351 g/mol. The van der Waals surface area contributed by atoms with Crippen molar-refractivity contribution in [3.63, 3.8) is 0 Å². The van der Waals surface area contributed by atoms with Crippen LogP contribution in [-0.4, -0.2) is 5.11 Å². The quantitative estimate of drug-likeness (QED) is 0.683. The fourth-order valence-corrected chi connectivity index (χ4v) is 4.26. The predicted molar refractivity (Wildman–Crippen MR) is 86.5 cm³/mol. The van der Waals surface area contributed by atoms with Crippen molar-refractivity contribution in [1.82, 2.24) is 0 Å². The summed E-state index contributed by atoms with van der Waals surface area (Å²) in [6, 6.07) is 6.07. The Hall–Kier alpha value is -1.10. The maximum Gasteiger partial charge on any atom is 0.109 e. The highest BCUT2D eigenvalue weighted by Gasteiger charge is 2.23. The number of furan rings is 1. The summed E-state index contributed by atoms with van der Waals surface area (Å²) in [4.78, 5) is 0. The SMILES string of the molecule is Cc1oc(C)c(C(O)c2csc3c(Br)cccc23)c1C. The molecular formula is C16H15BrO2S. The van der Waals surface area contributed by atoms with E-state index in [1.165, 1.54) is 0 Å². The van der Waals surface area contributed by atoms with Crippen molar-refractivity contribution in [2.75, 3.05) is 0 Å². The first-order chi connectivity index (χ1) is 9.50. The number of fused-ring (bicyclic) bond motifs is 1. The second-order valence-corrected chi connectivity index (χ2v) is 6.70. The van der Waals surface area contributed by atoms with Gasteiger partial charge in [0.15, 0.2) is 0 Å². The minimum atomic E-state index is -0.643. The van der Waals surface area contributed by atoms with E-state index in [0.29, 0.717) is 0 Å². The van der Waals surface area contributed by atoms with Crippen LogP contribution in [-0.2, 0) is 0 Å². The first-order valence-corrected chi connectivity index (χ1v) is 8.08. The van der Waals surface area contributed by atoms with Gasteiger partial charge in [0.1, 0.15) is 17.6 Å². The van der Waals surface area contributed by atoms with Gasteiger partial charge >= 0.3 is 0 Å². The lowest BCUT2D eigenvalue weighted by Crippen LogP contribution is -2.01. The van der Waals surface area contributed by atoms with Gasteiger partial charge < -0.3 is 9.52 Å². The number of rotatable bonds is 2. The van der Waals surface area contributed by atoms with Gasteiger partial charge in [-0.05, 0) is 59.1 Å². The zero-order valence-corrected chi connectivity index (χ0v) is 13.9. The van der Waals surface area contributed by atoms with E-state index < -0.39 is 6.10 Å². The van der Waals surface area contributed by atoms with Crippen molar-refractivity contribution < 1.29 is 9.52 Å². The number of aliphatic hydroxyl groups is 1. The standard InChI is InChI=1S/C16H15BrO2S/c1-8-9(2)19-10(3)14(8)15(18)12-7-20-16-11(12)5-4-6-13(16)17/h4-7,15,18H,1-3H3. The van der Waals surface area contributed by atoms with Gasteiger partial charge in [-0.15, -0.1) is 11.3 Å². The molecule has 3 rings (SSSR count). The molecule has 1 unspecified atom stereocenters. The number of benzene rings is 1. The fourth-order valence-electron chi connectivity index (χ4n) is 2.62. The van der Waals surface area contributed by atoms with Crippen LogP contribution in [0.25, 0.3) is 10.1 Å². The lowest BCUT2D eigenvalue weighted by Gasteiger charge is -2.11. The molecule has 3 aromatic rings. The van der Waals surface area contributed by atoms with E-state index in [1.54, 1.807) is 11.3 Å². The Morgan fingerprint density at radius 2 is 1.95 bits per heavy atom. The molecule has 0 fully saturated rings. The van der Waals surface area contributed by atoms with Gasteiger partial charge in [0.05, 0.1) is 0 Å². The van der Waals surface area contributed by atoms with Crippen molar-refractivity contribution in [3.8, 4) is 0 Å². The Morgan fingerprint density at radius 3 is 2.60 bits per heavy atom. The molecule has 2 nitrogen and oxygen atoms in total. The number of hydrogen-bond acceptors (Lipinski definition) is 3. The van der Waals surface area contributed by atoms with E-state index >= 15 is 0 Å². The van der Waals surface area contributed by atoms with Crippen LogP contribution < -0.4 is 0 Å². The summed E-state index contributed by atoms with van der Waals surface area (Å²) in [5.41, 5.74) is 2.87. The summed E-state index contributed by atoms with van der Waals surface area (Å²) in [5.74, 6) is 1.67. The molecule has 0 aliphatic carbocycles. The molecular weight excluding hydrogens is 336 g/mol. The lowest BCUT2D eigenvalue weighted by molar-refractivity contribution is 0.219. The van der Waals surface area contributed by atoms with Crippen molar-refractivity contribution in [2.24, 2.45) is 0 Å². The minimum Gasteiger partial charge on any atom is -0.466 e. The third kappa shape index (κ3) is 2.03. The van der Waals surface area contributed by atoms with Gasteiger partial charge in [-0.1, -0.05) is 12.1 Å². The third-order valence-electron chi connectivity index (χ3n) is 3.77. The van der Waals surface area contributed by atoms with Crippen LogP contribution in [0.3, 0.4) is 0 Å². The number of hydrogen-bond donors (Lipinski definition) is 1. The molecule has 0 spiro atoms. The molecule has 2 heterocycles. The molecule has 0 bridgehead atoms. The second-order valence-electron chi connectivity index (χ2n) is 4.96. The van der Waals surface area contributed by atoms with Crippen molar-refractivity contribution in [2.45, 2.75) is 26.9 Å². The first-order valence-electron chi connectivity index (χ1n) is 6.41. The van der Waals surface area contributed by atoms with E-state index in [-0.39, 0.29) is 0 Å². The molecule has 20 heavy (non-hydrogen) atoms. The van der Waals surface area contributed by atoms with Crippen LogP contribution in [0.1, 0.15) is 34.3 Å². The maximum atomic E-state index is 10.8. The monoisotopic (exact) mass is 350 g/mol. The minimum absolute atomic E-state index is 0.643. The molecule has 104 valence electrons. The fraction of sp³-hybridized carbons (Fsp3) is 0.250. The van der Waals surface area contributed by atoms with Crippen molar-refractivity contribution in [3.05, 3.63) is 56.3 Å². The van der Waals surface area contributed by atoms with Crippen LogP contribution in [0, 0.1) is 20.8 Å². The van der Waals surface area contributed by atoms with E-state index in [9.17, 15) is 5.11 Å². The number of thiophene rings is 1. The smallest absolute Gasteiger partial charge is 0.109 e. The van der Waals surface area contributed by atoms with Gasteiger partial charge in [0.2, 0.25) is 0 Å². The maximum absolute atomic E-state index is 10.8. The summed E-state index contributed by atoms with van der Waals surface area (Å²) < 4.78 is 7.86. The molecule has 0 amide bonds. The molecule has 1 atom stereocenters. The summed E-state index contributed by atoms with van der Waals surface area (Å²) >= 11 is 5.20. The van der Waals surface area contributed by atoms with Gasteiger partial charge in [0.25, 0.3) is 0 Å². The Bertz CT molecular complexity index is 785. The van der Waals surface area contributed by atoms with Crippen LogP contribution in [0.15, 0.2) is 32.5 Å². The van der Waals surface area contributed by atoms with Crippen molar-refractivity contribution in [1.29, 1.82) is 0 Å². The van der Waals surface area contributed by atoms with E-state index in [2.05, 4.69) is 15.9 Å². The molecule has 0 saturated carbocycles. The summed E-state index contributed by atoms with van der Waals surface area (Å²) in [6.45, 7) is 5.83. The largest absolute Gasteiger partial charge is 0.466 e. The predicted octanol–water partition coefficient (Wildman–Crippen LogP) is 5.26. The molecule has 0 radical (unpaired) electrons. The number of halogens is 1. The second kappa shape index (κ2) is 5.02. The lowest BCUT2D eigenvalue weighted by atomic mass is 9.98. The highest BCUT2D eigenvalue weighted by atomic mass is 79.9. The Kier molecular flexibility index (Phi) is 3.48. The van der Waals surface area contributed by atoms with Crippen LogP contribution >= 0.6 is 27.3 Å². The summed E-state index contributed by atoms with van der Waals surface area (Å²) in [7, 11) is 0. The Balaban J connectivity index is 2.18. The van der Waals surface area contributed by atoms with Gasteiger partial charge in [0, 0.05) is 20.3 Å². The zero-order chi connectivity index (χ0) is 14.4. The van der Waals surface area contributed by atoms with Crippen LogP contribution in [0.4, 0.5) is 0 Å². The topological polar surface area (TPSA) is 33.4 Å². The molecule has 0 aliphatic heterocycles. The summed E-state index contributed by atoms with van der Waals surface area (Å²) in [6.07, 6.45) is -0.643. The molecule has 2 aromatic heterocycles. The molecule has 0 aliphatic rings. The van der Waals surface area contributed by atoms with E-state index in [0.717, 1.165) is 42.8 Å². The third-order valence-corrected chi connectivity index (χ3v) is 5.74. The molecule has 1 aromatic carbocycles. The first kappa shape index (κ1) is 13.9. The Morgan fingerprint density at radius 1 is 1.20 bits per heavy atom. The Labute approximate surface area is 130 Å². The van der Waals surface area contributed by atoms with Gasteiger partial charge in [-0.25, -0.2) is 0 Å². The van der Waals surface area contributed by atoms with E-state index in [4.69, 9.17) is 4.42 Å². The van der Waals surface area contributed by atoms with Gasteiger partial charge in [-0.3, -0.25) is 0 Å². The zero-order valence-electron chi connectivity index (χ0n) is 11.5.